The van der Waals surface area contributed by atoms with Crippen LogP contribution in [0.4, 0.5) is 0 Å². The van der Waals surface area contributed by atoms with Crippen LogP contribution < -0.4 is 5.56 Å². The van der Waals surface area contributed by atoms with Gasteiger partial charge in [-0.1, -0.05) is 12.1 Å². The van der Waals surface area contributed by atoms with Crippen molar-refractivity contribution in [1.29, 1.82) is 0 Å². The zero-order valence-corrected chi connectivity index (χ0v) is 11.0. The van der Waals surface area contributed by atoms with Crippen LogP contribution in [-0.2, 0) is 6.54 Å². The number of carboxylic acid groups (broad SMARTS) is 1. The number of carboxylic acids is 1. The second-order valence-electron chi connectivity index (χ2n) is 4.14. The third-order valence-electron chi connectivity index (χ3n) is 2.80. The van der Waals surface area contributed by atoms with E-state index in [1.807, 2.05) is 6.07 Å². The van der Waals surface area contributed by atoms with E-state index in [9.17, 15) is 9.59 Å². The second kappa shape index (κ2) is 4.86. The van der Waals surface area contributed by atoms with Gasteiger partial charge in [0.25, 0.3) is 5.56 Å². The Morgan fingerprint density at radius 2 is 2.15 bits per heavy atom. The Morgan fingerprint density at radius 1 is 1.35 bits per heavy atom. The van der Waals surface area contributed by atoms with Gasteiger partial charge in [0.05, 0.1) is 29.5 Å². The summed E-state index contributed by atoms with van der Waals surface area (Å²) in [6.45, 7) is 0.209. The highest BCUT2D eigenvalue weighted by Crippen LogP contribution is 2.11. The fraction of sp³-hybridized carbons (Fsp3) is 0.0769. The number of hydrogen-bond donors (Lipinski definition) is 1. The molecule has 0 fully saturated rings. The maximum absolute atomic E-state index is 12.3. The molecule has 0 radical (unpaired) electrons. The fourth-order valence-electron chi connectivity index (χ4n) is 1.87. The van der Waals surface area contributed by atoms with E-state index in [-0.39, 0.29) is 17.1 Å². The predicted octanol–water partition coefficient (Wildman–Crippen LogP) is 1.60. The van der Waals surface area contributed by atoms with Gasteiger partial charge in [0.2, 0.25) is 5.01 Å². The topological polar surface area (TPSA) is 85.1 Å². The van der Waals surface area contributed by atoms with Gasteiger partial charge in [-0.25, -0.2) is 14.8 Å². The van der Waals surface area contributed by atoms with Crippen molar-refractivity contribution in [3.8, 4) is 0 Å². The third-order valence-corrected chi connectivity index (χ3v) is 3.68. The van der Waals surface area contributed by atoms with Crippen molar-refractivity contribution >= 4 is 28.2 Å². The highest BCUT2D eigenvalue weighted by atomic mass is 32.1. The average molecular weight is 287 g/mol. The molecule has 7 heteroatoms. The molecule has 3 rings (SSSR count). The van der Waals surface area contributed by atoms with Crippen molar-refractivity contribution in [3.63, 3.8) is 0 Å². The lowest BCUT2D eigenvalue weighted by Crippen LogP contribution is -2.21. The molecule has 0 bridgehead atoms. The Bertz CT molecular complexity index is 853. The van der Waals surface area contributed by atoms with Gasteiger partial charge in [0, 0.05) is 5.38 Å². The molecule has 0 atom stereocenters. The molecule has 0 spiro atoms. The third kappa shape index (κ3) is 2.19. The van der Waals surface area contributed by atoms with Gasteiger partial charge in [-0.3, -0.25) is 9.36 Å². The van der Waals surface area contributed by atoms with Gasteiger partial charge in [-0.15, -0.1) is 11.3 Å². The first-order chi connectivity index (χ1) is 9.65. The Labute approximate surface area is 117 Å². The number of hydrogen-bond acceptors (Lipinski definition) is 5. The van der Waals surface area contributed by atoms with Crippen LogP contribution in [0.1, 0.15) is 15.5 Å². The summed E-state index contributed by atoms with van der Waals surface area (Å²) in [4.78, 5) is 31.2. The standard InChI is InChI=1S/C13H9N3O3S/c17-12-9-3-1-2-4-10(9)14-7-16(12)5-8-6-20-11(15-8)13(18)19/h1-4,6-7H,5H2,(H,18,19). The van der Waals surface area contributed by atoms with Crippen LogP contribution in [0.15, 0.2) is 40.8 Å². The zero-order valence-electron chi connectivity index (χ0n) is 10.2. The lowest BCUT2D eigenvalue weighted by Gasteiger charge is -2.04. The van der Waals surface area contributed by atoms with Gasteiger partial charge >= 0.3 is 5.97 Å². The molecule has 0 unspecified atom stereocenters. The molecule has 3 aromatic rings. The van der Waals surface area contributed by atoms with Crippen molar-refractivity contribution in [2.24, 2.45) is 0 Å². The Kier molecular flexibility index (Phi) is 3.03. The summed E-state index contributed by atoms with van der Waals surface area (Å²) in [6, 6.07) is 7.08. The summed E-state index contributed by atoms with van der Waals surface area (Å²) in [6.07, 6.45) is 1.45. The molecule has 1 aromatic carbocycles. The molecule has 0 aliphatic rings. The van der Waals surface area contributed by atoms with Crippen LogP contribution >= 0.6 is 11.3 Å². The number of fused-ring (bicyclic) bond motifs is 1. The number of rotatable bonds is 3. The van der Waals surface area contributed by atoms with Crippen molar-refractivity contribution in [1.82, 2.24) is 14.5 Å². The summed E-state index contributed by atoms with van der Waals surface area (Å²) in [7, 11) is 0. The van der Waals surface area contributed by atoms with E-state index in [1.165, 1.54) is 10.9 Å². The zero-order chi connectivity index (χ0) is 14.1. The normalized spacial score (nSPS) is 10.8. The molecule has 2 heterocycles. The molecule has 0 amide bonds. The number of aromatic carboxylic acids is 1. The number of carbonyl (C=O) groups is 1. The van der Waals surface area contributed by atoms with Crippen LogP contribution in [-0.4, -0.2) is 25.6 Å². The lowest BCUT2D eigenvalue weighted by atomic mass is 10.2. The number of benzene rings is 1. The molecule has 1 N–H and O–H groups in total. The highest BCUT2D eigenvalue weighted by Gasteiger charge is 2.10. The van der Waals surface area contributed by atoms with Crippen molar-refractivity contribution in [3.05, 3.63) is 57.0 Å². The van der Waals surface area contributed by atoms with Crippen molar-refractivity contribution in [2.75, 3.05) is 0 Å². The van der Waals surface area contributed by atoms with Crippen LogP contribution in [0.5, 0.6) is 0 Å². The molecule has 0 aliphatic heterocycles. The van der Waals surface area contributed by atoms with Gasteiger partial charge in [0.1, 0.15) is 0 Å². The second-order valence-corrected chi connectivity index (χ2v) is 5.00. The van der Waals surface area contributed by atoms with Crippen LogP contribution in [0.25, 0.3) is 10.9 Å². The minimum absolute atomic E-state index is 0.0156. The quantitative estimate of drug-likeness (QED) is 0.791. The first-order valence-electron chi connectivity index (χ1n) is 5.77. The molecule has 2 aromatic heterocycles. The van der Waals surface area contributed by atoms with Gasteiger partial charge in [-0.05, 0) is 12.1 Å². The van der Waals surface area contributed by atoms with E-state index in [0.29, 0.717) is 16.6 Å². The summed E-state index contributed by atoms with van der Waals surface area (Å²) < 4.78 is 1.42. The van der Waals surface area contributed by atoms with Gasteiger partial charge < -0.3 is 5.11 Å². The minimum atomic E-state index is -1.06. The number of para-hydroxylation sites is 1. The monoisotopic (exact) mass is 287 g/mol. The SMILES string of the molecule is O=C(O)c1nc(Cn2cnc3ccccc3c2=O)cs1. The first-order valence-corrected chi connectivity index (χ1v) is 6.65. The maximum Gasteiger partial charge on any atom is 0.365 e. The van der Waals surface area contributed by atoms with Crippen molar-refractivity contribution in [2.45, 2.75) is 6.54 Å². The summed E-state index contributed by atoms with van der Waals surface area (Å²) >= 11 is 1.04. The summed E-state index contributed by atoms with van der Waals surface area (Å²) in [5.41, 5.74) is 1.00. The number of thiazole rings is 1. The van der Waals surface area contributed by atoms with E-state index in [1.54, 1.807) is 23.6 Å². The van der Waals surface area contributed by atoms with Crippen LogP contribution in [0, 0.1) is 0 Å². The van der Waals surface area contributed by atoms with E-state index in [0.717, 1.165) is 11.3 Å². The lowest BCUT2D eigenvalue weighted by molar-refractivity contribution is 0.0696. The van der Waals surface area contributed by atoms with Crippen LogP contribution in [0.3, 0.4) is 0 Å². The summed E-state index contributed by atoms with van der Waals surface area (Å²) in [5.74, 6) is -1.06. The smallest absolute Gasteiger partial charge is 0.365 e. The number of aromatic nitrogens is 3. The van der Waals surface area contributed by atoms with E-state index in [4.69, 9.17) is 5.11 Å². The minimum Gasteiger partial charge on any atom is -0.476 e. The molecule has 0 saturated carbocycles. The largest absolute Gasteiger partial charge is 0.476 e. The maximum atomic E-state index is 12.3. The molecular formula is C13H9N3O3S. The molecule has 0 aliphatic carbocycles. The van der Waals surface area contributed by atoms with E-state index in [2.05, 4.69) is 9.97 Å². The molecule has 6 nitrogen and oxygen atoms in total. The van der Waals surface area contributed by atoms with Gasteiger partial charge in [-0.2, -0.15) is 0 Å². The Morgan fingerprint density at radius 3 is 2.90 bits per heavy atom. The van der Waals surface area contributed by atoms with E-state index < -0.39 is 5.97 Å². The van der Waals surface area contributed by atoms with Crippen molar-refractivity contribution < 1.29 is 9.90 Å². The van der Waals surface area contributed by atoms with Crippen LogP contribution in [0.2, 0.25) is 0 Å². The predicted molar refractivity (Wildman–Crippen MR) is 74.2 cm³/mol. The summed E-state index contributed by atoms with van der Waals surface area (Å²) in [5, 5.41) is 11.0. The molecule has 0 saturated heterocycles. The van der Waals surface area contributed by atoms with Gasteiger partial charge in [0.15, 0.2) is 0 Å². The first kappa shape index (κ1) is 12.5. The Balaban J connectivity index is 2.00. The average Bonchev–Trinajstić information content (AvgIpc) is 2.91. The molecular weight excluding hydrogens is 278 g/mol. The molecule has 100 valence electrons. The van der Waals surface area contributed by atoms with E-state index >= 15 is 0 Å². The Hall–Kier alpha value is -2.54. The number of nitrogens with zero attached hydrogens (tertiary/aromatic N) is 3. The molecule has 20 heavy (non-hydrogen) atoms. The fourth-order valence-corrected chi connectivity index (χ4v) is 2.52. The highest BCUT2D eigenvalue weighted by molar-refractivity contribution is 7.11.